The van der Waals surface area contributed by atoms with Crippen LogP contribution in [-0.4, -0.2) is 11.4 Å². The maximum Gasteiger partial charge on any atom is 0.169 e. The highest BCUT2D eigenvalue weighted by Crippen LogP contribution is 2.31. The molecule has 1 aromatic heterocycles. The molecule has 3 nitrogen and oxygen atoms in total. The molecule has 0 aliphatic heterocycles. The lowest BCUT2D eigenvalue weighted by Gasteiger charge is -2.01. The number of nitrogens with zero attached hydrogens (tertiary/aromatic N) is 1. The maximum absolute atomic E-state index is 5.49. The Labute approximate surface area is 100 Å². The maximum atomic E-state index is 5.49. The molecule has 2 rings (SSSR count). The van der Waals surface area contributed by atoms with Gasteiger partial charge in [0, 0.05) is 21.0 Å². The third kappa shape index (κ3) is 2.18. The van der Waals surface area contributed by atoms with Gasteiger partial charge in [-0.1, -0.05) is 5.16 Å². The van der Waals surface area contributed by atoms with Crippen LogP contribution in [0.3, 0.4) is 0 Å². The summed E-state index contributed by atoms with van der Waals surface area (Å²) in [6.07, 6.45) is 2.03. The molecule has 1 heterocycles. The monoisotopic (exact) mass is 284 g/mol. The van der Waals surface area contributed by atoms with E-state index in [4.69, 9.17) is 10.3 Å². The molecule has 0 saturated heterocycles. The molecule has 78 valence electrons. The molecule has 0 aliphatic rings. The van der Waals surface area contributed by atoms with Crippen LogP contribution in [0.1, 0.15) is 0 Å². The second kappa shape index (κ2) is 4.28. The highest BCUT2D eigenvalue weighted by Gasteiger charge is 2.06. The van der Waals surface area contributed by atoms with Crippen LogP contribution in [0, 0.1) is 0 Å². The smallest absolute Gasteiger partial charge is 0.169 e. The quantitative estimate of drug-likeness (QED) is 0.859. The van der Waals surface area contributed by atoms with Gasteiger partial charge in [0.15, 0.2) is 11.6 Å². The van der Waals surface area contributed by atoms with E-state index in [1.807, 2.05) is 24.5 Å². The number of rotatable bonds is 2. The molecule has 0 saturated carbocycles. The summed E-state index contributed by atoms with van der Waals surface area (Å²) >= 11 is 5.18. The molecule has 1 aromatic carbocycles. The van der Waals surface area contributed by atoms with Gasteiger partial charge >= 0.3 is 0 Å². The number of hydrogen-bond acceptors (Lipinski definition) is 4. The largest absolute Gasteiger partial charge is 0.381 e. The first-order chi connectivity index (χ1) is 7.20. The van der Waals surface area contributed by atoms with Crippen LogP contribution in [-0.2, 0) is 0 Å². The fourth-order valence-electron chi connectivity index (χ4n) is 1.24. The summed E-state index contributed by atoms with van der Waals surface area (Å²) < 4.78 is 6.12. The van der Waals surface area contributed by atoms with Gasteiger partial charge in [0.25, 0.3) is 0 Å². The summed E-state index contributed by atoms with van der Waals surface area (Å²) in [6.45, 7) is 0. The van der Waals surface area contributed by atoms with Crippen molar-refractivity contribution >= 4 is 33.5 Å². The van der Waals surface area contributed by atoms with Crippen molar-refractivity contribution in [2.45, 2.75) is 4.90 Å². The molecule has 0 bridgehead atoms. The number of nitrogen functional groups attached to an aromatic ring is 1. The van der Waals surface area contributed by atoms with Gasteiger partial charge in [-0.3, -0.25) is 0 Å². The van der Waals surface area contributed by atoms with Crippen molar-refractivity contribution in [1.82, 2.24) is 5.16 Å². The van der Waals surface area contributed by atoms with Crippen molar-refractivity contribution in [3.05, 3.63) is 28.7 Å². The normalized spacial score (nSPS) is 10.5. The number of aromatic nitrogens is 1. The van der Waals surface area contributed by atoms with Gasteiger partial charge in [-0.05, 0) is 40.4 Å². The van der Waals surface area contributed by atoms with Crippen LogP contribution < -0.4 is 5.73 Å². The fourth-order valence-corrected chi connectivity index (χ4v) is 2.57. The van der Waals surface area contributed by atoms with Gasteiger partial charge in [-0.2, -0.15) is 0 Å². The first-order valence-corrected chi connectivity index (χ1v) is 6.28. The molecule has 0 unspecified atom stereocenters. The van der Waals surface area contributed by atoms with Crippen molar-refractivity contribution in [3.63, 3.8) is 0 Å². The Morgan fingerprint density at radius 2 is 2.20 bits per heavy atom. The van der Waals surface area contributed by atoms with Gasteiger partial charge < -0.3 is 10.3 Å². The minimum Gasteiger partial charge on any atom is -0.381 e. The number of anilines is 1. The van der Waals surface area contributed by atoms with Crippen LogP contribution in [0.15, 0.2) is 38.2 Å². The SMILES string of the molecule is CSc1ccc(-c2cc(N)no2)cc1Br. The van der Waals surface area contributed by atoms with E-state index in [1.54, 1.807) is 17.8 Å². The molecule has 2 N–H and O–H groups in total. The van der Waals surface area contributed by atoms with E-state index in [-0.39, 0.29) is 0 Å². The van der Waals surface area contributed by atoms with Gasteiger partial charge in [0.05, 0.1) is 0 Å². The minimum absolute atomic E-state index is 0.398. The minimum atomic E-state index is 0.398. The number of hydrogen-bond donors (Lipinski definition) is 1. The Morgan fingerprint density at radius 3 is 2.73 bits per heavy atom. The molecular weight excluding hydrogens is 276 g/mol. The van der Waals surface area contributed by atoms with E-state index in [1.165, 1.54) is 4.90 Å². The van der Waals surface area contributed by atoms with Crippen LogP contribution in [0.2, 0.25) is 0 Å². The average molecular weight is 285 g/mol. The highest BCUT2D eigenvalue weighted by atomic mass is 79.9. The van der Waals surface area contributed by atoms with Crippen molar-refractivity contribution in [2.24, 2.45) is 0 Å². The molecule has 0 fully saturated rings. The van der Waals surface area contributed by atoms with E-state index in [0.717, 1.165) is 10.0 Å². The first kappa shape index (κ1) is 10.6. The summed E-state index contributed by atoms with van der Waals surface area (Å²) in [7, 11) is 0. The zero-order valence-corrected chi connectivity index (χ0v) is 10.4. The highest BCUT2D eigenvalue weighted by molar-refractivity contribution is 9.10. The average Bonchev–Trinajstić information content (AvgIpc) is 2.65. The lowest BCUT2D eigenvalue weighted by Crippen LogP contribution is -1.80. The van der Waals surface area contributed by atoms with E-state index in [9.17, 15) is 0 Å². The van der Waals surface area contributed by atoms with Crippen LogP contribution >= 0.6 is 27.7 Å². The Balaban J connectivity index is 2.42. The number of benzene rings is 1. The van der Waals surface area contributed by atoms with Gasteiger partial charge in [0.2, 0.25) is 0 Å². The summed E-state index contributed by atoms with van der Waals surface area (Å²) in [5.74, 6) is 1.08. The molecule has 0 amide bonds. The van der Waals surface area contributed by atoms with E-state index < -0.39 is 0 Å². The van der Waals surface area contributed by atoms with E-state index in [0.29, 0.717) is 11.6 Å². The van der Waals surface area contributed by atoms with Crippen molar-refractivity contribution in [1.29, 1.82) is 0 Å². The van der Waals surface area contributed by atoms with Crippen molar-refractivity contribution < 1.29 is 4.52 Å². The van der Waals surface area contributed by atoms with E-state index in [2.05, 4.69) is 21.1 Å². The lowest BCUT2D eigenvalue weighted by molar-refractivity contribution is 0.436. The third-order valence-electron chi connectivity index (χ3n) is 1.96. The topological polar surface area (TPSA) is 52.0 Å². The predicted molar refractivity (Wildman–Crippen MR) is 65.8 cm³/mol. The Bertz CT molecular complexity index is 484. The van der Waals surface area contributed by atoms with Gasteiger partial charge in [0.1, 0.15) is 0 Å². The molecule has 0 spiro atoms. The number of nitrogens with two attached hydrogens (primary N) is 1. The number of thioether (sulfide) groups is 1. The van der Waals surface area contributed by atoms with Crippen LogP contribution in [0.4, 0.5) is 5.82 Å². The van der Waals surface area contributed by atoms with Crippen LogP contribution in [0.5, 0.6) is 0 Å². The standard InChI is InChI=1S/C10H9BrN2OS/c1-15-9-3-2-6(4-7(9)11)8-5-10(12)13-14-8/h2-5H,1H3,(H2,12,13). The fraction of sp³-hybridized carbons (Fsp3) is 0.100. The summed E-state index contributed by atoms with van der Waals surface area (Å²) in [5, 5.41) is 3.65. The Kier molecular flexibility index (Phi) is 3.02. The zero-order valence-electron chi connectivity index (χ0n) is 8.03. The van der Waals surface area contributed by atoms with Crippen LogP contribution in [0.25, 0.3) is 11.3 Å². The second-order valence-electron chi connectivity index (χ2n) is 2.97. The third-order valence-corrected chi connectivity index (χ3v) is 3.68. The first-order valence-electron chi connectivity index (χ1n) is 4.27. The van der Waals surface area contributed by atoms with E-state index >= 15 is 0 Å². The number of halogens is 1. The summed E-state index contributed by atoms with van der Waals surface area (Å²) in [6, 6.07) is 7.71. The molecule has 2 aromatic rings. The molecule has 15 heavy (non-hydrogen) atoms. The molecule has 0 radical (unpaired) electrons. The van der Waals surface area contributed by atoms with Crippen molar-refractivity contribution in [2.75, 3.05) is 12.0 Å². The molecule has 0 aliphatic carbocycles. The zero-order chi connectivity index (χ0) is 10.8. The summed E-state index contributed by atoms with van der Waals surface area (Å²) in [5.41, 5.74) is 6.45. The lowest BCUT2D eigenvalue weighted by atomic mass is 10.2. The molecule has 5 heteroatoms. The molecule has 0 atom stereocenters. The Hall–Kier alpha value is -0.940. The van der Waals surface area contributed by atoms with Crippen molar-refractivity contribution in [3.8, 4) is 11.3 Å². The van der Waals surface area contributed by atoms with Gasteiger partial charge in [-0.25, -0.2) is 0 Å². The van der Waals surface area contributed by atoms with Gasteiger partial charge in [-0.15, -0.1) is 11.8 Å². The Morgan fingerprint density at radius 1 is 1.40 bits per heavy atom. The predicted octanol–water partition coefficient (Wildman–Crippen LogP) is 3.41. The summed E-state index contributed by atoms with van der Waals surface area (Å²) in [4.78, 5) is 1.19. The second-order valence-corrected chi connectivity index (χ2v) is 4.67. The molecular formula is C10H9BrN2OS.